The maximum Gasteiger partial charge on any atom is 0.258 e. The molecule has 7 nitrogen and oxygen atoms in total. The van der Waals surface area contributed by atoms with Gasteiger partial charge in [-0.15, -0.1) is 6.58 Å². The lowest BCUT2D eigenvalue weighted by molar-refractivity contribution is 0.0954. The number of amides is 1. The Bertz CT molecular complexity index is 816. The van der Waals surface area contributed by atoms with Gasteiger partial charge in [0.05, 0.1) is 7.11 Å². The van der Waals surface area contributed by atoms with Crippen molar-refractivity contribution in [2.45, 2.75) is 6.92 Å². The van der Waals surface area contributed by atoms with Gasteiger partial charge < -0.3 is 19.9 Å². The highest BCUT2D eigenvalue weighted by molar-refractivity contribution is 5.96. The van der Waals surface area contributed by atoms with E-state index in [1.54, 1.807) is 6.08 Å². The molecule has 1 aliphatic heterocycles. The fourth-order valence-electron chi connectivity index (χ4n) is 3.15. The van der Waals surface area contributed by atoms with Gasteiger partial charge in [0.2, 0.25) is 11.8 Å². The molecule has 1 amide bonds. The number of para-hydroxylation sites is 1. The molecule has 1 aliphatic rings. The number of hydrogen-bond acceptors (Lipinski definition) is 6. The van der Waals surface area contributed by atoms with Crippen molar-refractivity contribution in [2.24, 2.45) is 0 Å². The minimum atomic E-state index is -0.275. The third-order valence-electron chi connectivity index (χ3n) is 4.60. The quantitative estimate of drug-likeness (QED) is 0.788. The first-order valence-electron chi connectivity index (χ1n) is 8.99. The number of anilines is 2. The standard InChI is InChI=1S/C20H25N5O2/c1-4-9-21-18(26)16-14-22-20(23-19(16)27-3)25-12-10-24(11-13-25)17-8-6-5-7-15(17)2/h4-8,14H,1,9-13H2,2-3H3,(H,21,26). The summed E-state index contributed by atoms with van der Waals surface area (Å²) in [4.78, 5) is 25.5. The summed E-state index contributed by atoms with van der Waals surface area (Å²) >= 11 is 0. The van der Waals surface area contributed by atoms with Gasteiger partial charge in [0.25, 0.3) is 5.91 Å². The van der Waals surface area contributed by atoms with E-state index in [0.29, 0.717) is 18.1 Å². The summed E-state index contributed by atoms with van der Waals surface area (Å²) in [6.07, 6.45) is 3.14. The van der Waals surface area contributed by atoms with E-state index in [2.05, 4.69) is 62.9 Å². The molecule has 0 aliphatic carbocycles. The van der Waals surface area contributed by atoms with Gasteiger partial charge in [-0.3, -0.25) is 4.79 Å². The van der Waals surface area contributed by atoms with Crippen molar-refractivity contribution in [2.75, 3.05) is 49.6 Å². The first kappa shape index (κ1) is 18.7. The zero-order valence-corrected chi connectivity index (χ0v) is 15.8. The largest absolute Gasteiger partial charge is 0.480 e. The van der Waals surface area contributed by atoms with Crippen LogP contribution in [0, 0.1) is 6.92 Å². The molecule has 0 unspecified atom stereocenters. The number of aryl methyl sites for hydroxylation is 1. The van der Waals surface area contributed by atoms with Crippen LogP contribution < -0.4 is 19.9 Å². The molecule has 7 heteroatoms. The average molecular weight is 367 g/mol. The van der Waals surface area contributed by atoms with Gasteiger partial charge in [0.15, 0.2) is 0 Å². The normalized spacial score (nSPS) is 14.0. The SMILES string of the molecule is C=CCNC(=O)c1cnc(N2CCN(c3ccccc3C)CC2)nc1OC. The van der Waals surface area contributed by atoms with Crippen LogP contribution in [0.2, 0.25) is 0 Å². The van der Waals surface area contributed by atoms with E-state index in [1.165, 1.54) is 24.6 Å². The molecule has 0 radical (unpaired) electrons. The van der Waals surface area contributed by atoms with Gasteiger partial charge >= 0.3 is 0 Å². The maximum absolute atomic E-state index is 12.2. The predicted molar refractivity (Wildman–Crippen MR) is 107 cm³/mol. The number of piperazine rings is 1. The van der Waals surface area contributed by atoms with Gasteiger partial charge in [0.1, 0.15) is 5.56 Å². The Morgan fingerprint density at radius 3 is 2.63 bits per heavy atom. The number of nitrogens with zero attached hydrogens (tertiary/aromatic N) is 4. The summed E-state index contributed by atoms with van der Waals surface area (Å²) in [6, 6.07) is 8.41. The lowest BCUT2D eigenvalue weighted by Crippen LogP contribution is -2.47. The molecule has 0 saturated carbocycles. The zero-order chi connectivity index (χ0) is 19.2. The van der Waals surface area contributed by atoms with Crippen LogP contribution in [-0.4, -0.2) is 55.7 Å². The Morgan fingerprint density at radius 2 is 1.96 bits per heavy atom. The van der Waals surface area contributed by atoms with E-state index >= 15 is 0 Å². The van der Waals surface area contributed by atoms with Crippen molar-refractivity contribution in [3.05, 3.63) is 54.2 Å². The second kappa shape index (κ2) is 8.53. The van der Waals surface area contributed by atoms with Crippen LogP contribution in [0.5, 0.6) is 5.88 Å². The summed E-state index contributed by atoms with van der Waals surface area (Å²) in [5.74, 6) is 0.585. The lowest BCUT2D eigenvalue weighted by atomic mass is 10.1. The van der Waals surface area contributed by atoms with Crippen molar-refractivity contribution in [3.63, 3.8) is 0 Å². The molecule has 0 spiro atoms. The van der Waals surface area contributed by atoms with Crippen LogP contribution in [0.3, 0.4) is 0 Å². The van der Waals surface area contributed by atoms with Crippen molar-refractivity contribution in [1.82, 2.24) is 15.3 Å². The molecule has 1 fully saturated rings. The average Bonchev–Trinajstić information content (AvgIpc) is 2.72. The molecular formula is C20H25N5O2. The van der Waals surface area contributed by atoms with Crippen LogP contribution in [0.4, 0.5) is 11.6 Å². The van der Waals surface area contributed by atoms with Crippen molar-refractivity contribution in [3.8, 4) is 5.88 Å². The molecule has 1 aromatic heterocycles. The fraction of sp³-hybridized carbons (Fsp3) is 0.350. The molecule has 0 atom stereocenters. The molecular weight excluding hydrogens is 342 g/mol. The van der Waals surface area contributed by atoms with Gasteiger partial charge in [-0.1, -0.05) is 24.3 Å². The second-order valence-corrected chi connectivity index (χ2v) is 6.35. The van der Waals surface area contributed by atoms with Crippen LogP contribution in [0.25, 0.3) is 0 Å². The molecule has 1 N–H and O–H groups in total. The van der Waals surface area contributed by atoms with Crippen molar-refractivity contribution < 1.29 is 9.53 Å². The third kappa shape index (κ3) is 4.19. The molecule has 142 valence electrons. The Kier molecular flexibility index (Phi) is 5.90. The summed E-state index contributed by atoms with van der Waals surface area (Å²) in [7, 11) is 1.51. The second-order valence-electron chi connectivity index (χ2n) is 6.35. The minimum absolute atomic E-state index is 0.275. The van der Waals surface area contributed by atoms with Gasteiger partial charge in [0, 0.05) is 44.6 Å². The molecule has 0 bridgehead atoms. The third-order valence-corrected chi connectivity index (χ3v) is 4.60. The Labute approximate surface area is 159 Å². The highest BCUT2D eigenvalue weighted by Gasteiger charge is 2.22. The summed E-state index contributed by atoms with van der Waals surface area (Å²) in [5, 5.41) is 2.71. The van der Waals surface area contributed by atoms with Crippen molar-refractivity contribution >= 4 is 17.5 Å². The Balaban J connectivity index is 1.70. The smallest absolute Gasteiger partial charge is 0.258 e. The van der Waals surface area contributed by atoms with Gasteiger partial charge in [-0.05, 0) is 18.6 Å². The van der Waals surface area contributed by atoms with E-state index in [9.17, 15) is 4.79 Å². The van der Waals surface area contributed by atoms with Crippen LogP contribution in [-0.2, 0) is 0 Å². The monoisotopic (exact) mass is 367 g/mol. The molecule has 3 rings (SSSR count). The maximum atomic E-state index is 12.2. The Hall–Kier alpha value is -3.09. The van der Waals surface area contributed by atoms with E-state index in [-0.39, 0.29) is 11.8 Å². The van der Waals surface area contributed by atoms with Crippen LogP contribution >= 0.6 is 0 Å². The number of benzene rings is 1. The number of carbonyl (C=O) groups is 1. The number of rotatable bonds is 6. The van der Waals surface area contributed by atoms with E-state index in [0.717, 1.165) is 26.2 Å². The lowest BCUT2D eigenvalue weighted by Gasteiger charge is -2.36. The Morgan fingerprint density at radius 1 is 1.26 bits per heavy atom. The topological polar surface area (TPSA) is 70.6 Å². The number of ether oxygens (including phenoxy) is 1. The number of aromatic nitrogens is 2. The first-order valence-corrected chi connectivity index (χ1v) is 8.99. The minimum Gasteiger partial charge on any atom is -0.480 e. The number of hydrogen-bond donors (Lipinski definition) is 1. The molecule has 2 aromatic rings. The summed E-state index contributed by atoms with van der Waals surface area (Å²) < 4.78 is 5.31. The number of methoxy groups -OCH3 is 1. The number of nitrogens with one attached hydrogen (secondary N) is 1. The highest BCUT2D eigenvalue weighted by Crippen LogP contribution is 2.23. The molecule has 27 heavy (non-hydrogen) atoms. The molecule has 1 saturated heterocycles. The van der Waals surface area contributed by atoms with Crippen LogP contribution in [0.15, 0.2) is 43.1 Å². The highest BCUT2D eigenvalue weighted by atomic mass is 16.5. The summed E-state index contributed by atoms with van der Waals surface area (Å²) in [6.45, 7) is 9.48. The summed E-state index contributed by atoms with van der Waals surface area (Å²) in [5.41, 5.74) is 2.87. The van der Waals surface area contributed by atoms with E-state index in [1.807, 2.05) is 0 Å². The predicted octanol–water partition coefficient (Wildman–Crippen LogP) is 2.04. The van der Waals surface area contributed by atoms with E-state index in [4.69, 9.17) is 4.74 Å². The number of carbonyl (C=O) groups excluding carboxylic acids is 1. The first-order chi connectivity index (χ1) is 13.1. The van der Waals surface area contributed by atoms with Gasteiger partial charge in [-0.2, -0.15) is 4.98 Å². The van der Waals surface area contributed by atoms with E-state index < -0.39 is 0 Å². The van der Waals surface area contributed by atoms with Crippen LogP contribution in [0.1, 0.15) is 15.9 Å². The fourth-order valence-corrected chi connectivity index (χ4v) is 3.15. The molecule has 1 aromatic carbocycles. The molecule has 2 heterocycles. The van der Waals surface area contributed by atoms with Gasteiger partial charge in [-0.25, -0.2) is 4.98 Å². The van der Waals surface area contributed by atoms with Crippen molar-refractivity contribution in [1.29, 1.82) is 0 Å². The zero-order valence-electron chi connectivity index (χ0n) is 15.8.